The highest BCUT2D eigenvalue weighted by Crippen LogP contribution is 2.18. The maximum Gasteiger partial charge on any atom is 0.257 e. The van der Waals surface area contributed by atoms with Crippen molar-refractivity contribution >= 4 is 5.91 Å². The Labute approximate surface area is 156 Å². The third-order valence-electron chi connectivity index (χ3n) is 4.57. The van der Waals surface area contributed by atoms with Crippen LogP contribution < -0.4 is 4.74 Å². The number of fused-ring (bicyclic) bond motifs is 1. The summed E-state index contributed by atoms with van der Waals surface area (Å²) in [6, 6.07) is 1.80. The molecule has 1 aliphatic heterocycles. The molecule has 0 fully saturated rings. The highest BCUT2D eigenvalue weighted by atomic mass is 16.5. The Morgan fingerprint density at radius 1 is 1.19 bits per heavy atom. The summed E-state index contributed by atoms with van der Waals surface area (Å²) in [5.74, 6) is 3.53. The predicted octanol–water partition coefficient (Wildman–Crippen LogP) is 1.56. The minimum atomic E-state index is -0.0118. The molecule has 0 bridgehead atoms. The average molecular weight is 368 g/mol. The summed E-state index contributed by atoms with van der Waals surface area (Å²) >= 11 is 0. The van der Waals surface area contributed by atoms with Crippen molar-refractivity contribution in [3.8, 4) is 5.75 Å². The van der Waals surface area contributed by atoms with Crippen molar-refractivity contribution in [3.05, 3.63) is 53.5 Å². The maximum absolute atomic E-state index is 12.8. The van der Waals surface area contributed by atoms with Gasteiger partial charge in [0.05, 0.1) is 18.0 Å². The number of aromatic nitrogens is 5. The second-order valence-electron chi connectivity index (χ2n) is 6.42. The number of carbonyl (C=O) groups excluding carboxylic acids is 1. The van der Waals surface area contributed by atoms with Gasteiger partial charge in [-0.3, -0.25) is 4.79 Å². The Kier molecular flexibility index (Phi) is 4.57. The van der Waals surface area contributed by atoms with Crippen LogP contribution >= 0.6 is 0 Å². The zero-order chi connectivity index (χ0) is 18.8. The third-order valence-corrected chi connectivity index (χ3v) is 4.57. The van der Waals surface area contributed by atoms with Gasteiger partial charge in [-0.2, -0.15) is 0 Å². The van der Waals surface area contributed by atoms with Crippen LogP contribution in [0.3, 0.4) is 0 Å². The molecule has 9 heteroatoms. The lowest BCUT2D eigenvalue weighted by Crippen LogP contribution is -2.34. The van der Waals surface area contributed by atoms with Crippen molar-refractivity contribution in [2.24, 2.45) is 0 Å². The Morgan fingerprint density at radius 2 is 2.00 bits per heavy atom. The van der Waals surface area contributed by atoms with Gasteiger partial charge in [-0.1, -0.05) is 0 Å². The second kappa shape index (κ2) is 7.18. The standard InChI is InChI=1S/C18H20N6O3/c1-12-7-15(13(2)27-12)18(25)23-4-3-16-21-22-17(24(16)6-5-23)10-26-14-8-19-11-20-9-14/h7-9,11H,3-6,10H2,1-2H3. The maximum atomic E-state index is 12.8. The molecule has 27 heavy (non-hydrogen) atoms. The first-order chi connectivity index (χ1) is 13.1. The number of aryl methyl sites for hydroxylation is 2. The average Bonchev–Trinajstić information content (AvgIpc) is 3.14. The number of ether oxygens (including phenoxy) is 1. The van der Waals surface area contributed by atoms with Gasteiger partial charge in [0.2, 0.25) is 0 Å². The van der Waals surface area contributed by atoms with E-state index in [9.17, 15) is 4.79 Å². The van der Waals surface area contributed by atoms with Gasteiger partial charge in [-0.25, -0.2) is 9.97 Å². The molecule has 140 valence electrons. The van der Waals surface area contributed by atoms with E-state index < -0.39 is 0 Å². The normalized spacial score (nSPS) is 13.9. The molecular formula is C18H20N6O3. The molecule has 0 aromatic carbocycles. The van der Waals surface area contributed by atoms with Crippen LogP contribution in [0.15, 0.2) is 29.2 Å². The van der Waals surface area contributed by atoms with E-state index in [0.29, 0.717) is 43.1 Å². The zero-order valence-corrected chi connectivity index (χ0v) is 15.3. The molecule has 4 heterocycles. The lowest BCUT2D eigenvalue weighted by molar-refractivity contribution is 0.0756. The van der Waals surface area contributed by atoms with Crippen LogP contribution in [0.1, 0.15) is 33.5 Å². The minimum Gasteiger partial charge on any atom is -0.482 e. The van der Waals surface area contributed by atoms with Crippen LogP contribution in [0.2, 0.25) is 0 Å². The highest BCUT2D eigenvalue weighted by Gasteiger charge is 2.25. The second-order valence-corrected chi connectivity index (χ2v) is 6.42. The number of amides is 1. The van der Waals surface area contributed by atoms with E-state index in [2.05, 4.69) is 20.2 Å². The molecule has 0 saturated carbocycles. The molecule has 1 aliphatic rings. The number of hydrogen-bond acceptors (Lipinski definition) is 7. The first-order valence-electron chi connectivity index (χ1n) is 8.77. The van der Waals surface area contributed by atoms with E-state index in [1.807, 2.05) is 23.3 Å². The molecule has 4 rings (SSSR count). The summed E-state index contributed by atoms with van der Waals surface area (Å²) in [5, 5.41) is 8.49. The largest absolute Gasteiger partial charge is 0.482 e. The van der Waals surface area contributed by atoms with Crippen LogP contribution in [-0.4, -0.2) is 48.6 Å². The predicted molar refractivity (Wildman–Crippen MR) is 94.2 cm³/mol. The third kappa shape index (κ3) is 3.53. The summed E-state index contributed by atoms with van der Waals surface area (Å²) < 4.78 is 13.2. The number of rotatable bonds is 4. The molecule has 0 atom stereocenters. The lowest BCUT2D eigenvalue weighted by atomic mass is 10.2. The van der Waals surface area contributed by atoms with Crippen molar-refractivity contribution in [2.75, 3.05) is 13.1 Å². The fourth-order valence-corrected chi connectivity index (χ4v) is 3.21. The van der Waals surface area contributed by atoms with Gasteiger partial charge in [0, 0.05) is 26.1 Å². The van der Waals surface area contributed by atoms with Crippen molar-refractivity contribution in [1.82, 2.24) is 29.6 Å². The summed E-state index contributed by atoms with van der Waals surface area (Å²) in [7, 11) is 0. The molecule has 3 aromatic rings. The number of furan rings is 1. The van der Waals surface area contributed by atoms with Crippen LogP contribution in [0.4, 0.5) is 0 Å². The quantitative estimate of drug-likeness (QED) is 0.689. The van der Waals surface area contributed by atoms with Gasteiger partial charge in [-0.15, -0.1) is 10.2 Å². The van der Waals surface area contributed by atoms with Crippen LogP contribution in [0.25, 0.3) is 0 Å². The summed E-state index contributed by atoms with van der Waals surface area (Å²) in [4.78, 5) is 22.5. The Hall–Kier alpha value is -3.23. The number of nitrogens with zero attached hydrogens (tertiary/aromatic N) is 6. The molecule has 3 aromatic heterocycles. The Morgan fingerprint density at radius 3 is 2.74 bits per heavy atom. The van der Waals surface area contributed by atoms with E-state index in [4.69, 9.17) is 9.15 Å². The smallest absolute Gasteiger partial charge is 0.257 e. The lowest BCUT2D eigenvalue weighted by Gasteiger charge is -2.19. The molecule has 0 saturated heterocycles. The molecule has 1 amide bonds. The molecule has 9 nitrogen and oxygen atoms in total. The topological polar surface area (TPSA) is 99.2 Å². The minimum absolute atomic E-state index is 0.0118. The summed E-state index contributed by atoms with van der Waals surface area (Å²) in [5.41, 5.74) is 0.623. The zero-order valence-electron chi connectivity index (χ0n) is 15.3. The van der Waals surface area contributed by atoms with Crippen molar-refractivity contribution in [1.29, 1.82) is 0 Å². The molecule has 0 spiro atoms. The van der Waals surface area contributed by atoms with E-state index in [1.54, 1.807) is 18.5 Å². The first-order valence-corrected chi connectivity index (χ1v) is 8.77. The van der Waals surface area contributed by atoms with Crippen LogP contribution in [0.5, 0.6) is 5.75 Å². The van der Waals surface area contributed by atoms with Gasteiger partial charge in [-0.05, 0) is 19.9 Å². The number of hydrogen-bond donors (Lipinski definition) is 0. The summed E-state index contributed by atoms with van der Waals surface area (Å²) in [6.45, 7) is 5.72. The van der Waals surface area contributed by atoms with E-state index in [0.717, 1.165) is 17.4 Å². The monoisotopic (exact) mass is 368 g/mol. The van der Waals surface area contributed by atoms with E-state index in [-0.39, 0.29) is 12.5 Å². The molecular weight excluding hydrogens is 348 g/mol. The summed E-state index contributed by atoms with van der Waals surface area (Å²) in [6.07, 6.45) is 5.29. The van der Waals surface area contributed by atoms with Crippen LogP contribution in [-0.2, 0) is 19.6 Å². The van der Waals surface area contributed by atoms with Crippen molar-refractivity contribution < 1.29 is 13.9 Å². The Balaban J connectivity index is 1.45. The van der Waals surface area contributed by atoms with Gasteiger partial charge >= 0.3 is 0 Å². The number of carbonyl (C=O) groups is 1. The van der Waals surface area contributed by atoms with Gasteiger partial charge < -0.3 is 18.6 Å². The molecule has 0 aliphatic carbocycles. The fourth-order valence-electron chi connectivity index (χ4n) is 3.21. The highest BCUT2D eigenvalue weighted by molar-refractivity contribution is 5.95. The Bertz CT molecular complexity index is 949. The van der Waals surface area contributed by atoms with Gasteiger partial charge in [0.15, 0.2) is 11.6 Å². The molecule has 0 radical (unpaired) electrons. The van der Waals surface area contributed by atoms with E-state index >= 15 is 0 Å². The molecule has 0 N–H and O–H groups in total. The first kappa shape index (κ1) is 17.2. The SMILES string of the molecule is Cc1cc(C(=O)N2CCc3nnc(COc4cncnc4)n3CC2)c(C)o1. The van der Waals surface area contributed by atoms with Gasteiger partial charge in [0.25, 0.3) is 5.91 Å². The van der Waals surface area contributed by atoms with Crippen molar-refractivity contribution in [2.45, 2.75) is 33.4 Å². The van der Waals surface area contributed by atoms with Crippen molar-refractivity contribution in [3.63, 3.8) is 0 Å². The molecule has 0 unspecified atom stereocenters. The van der Waals surface area contributed by atoms with Gasteiger partial charge in [0.1, 0.15) is 30.3 Å². The van der Waals surface area contributed by atoms with E-state index in [1.165, 1.54) is 6.33 Å². The fraction of sp³-hybridized carbons (Fsp3) is 0.389. The van der Waals surface area contributed by atoms with Crippen LogP contribution in [0, 0.1) is 13.8 Å².